The molecule has 0 radical (unpaired) electrons. The molecular formula is C22H22FN3O2. The van der Waals surface area contributed by atoms with Gasteiger partial charge in [-0.05, 0) is 48.5 Å². The van der Waals surface area contributed by atoms with Crippen LogP contribution in [0.15, 0.2) is 72.9 Å². The Hall–Kier alpha value is -3.25. The molecule has 3 rings (SSSR count). The fraction of sp³-hybridized carbons (Fsp3) is 0.182. The molecule has 1 aromatic heterocycles. The second-order valence-corrected chi connectivity index (χ2v) is 6.49. The van der Waals surface area contributed by atoms with E-state index >= 15 is 0 Å². The number of hydrogen-bond donors (Lipinski definition) is 1. The average Bonchev–Trinajstić information content (AvgIpc) is 2.69. The third-order valence-electron chi connectivity index (χ3n) is 4.03. The van der Waals surface area contributed by atoms with Crippen LogP contribution in [0.2, 0.25) is 0 Å². The number of pyridine rings is 1. The summed E-state index contributed by atoms with van der Waals surface area (Å²) in [4.78, 5) is 18.3. The van der Waals surface area contributed by atoms with Gasteiger partial charge in [0.15, 0.2) is 0 Å². The number of nitrogens with one attached hydrogen (secondary N) is 1. The van der Waals surface area contributed by atoms with Gasteiger partial charge in [0.05, 0.1) is 6.54 Å². The van der Waals surface area contributed by atoms with Gasteiger partial charge in [-0.25, -0.2) is 9.37 Å². The Balaban J connectivity index is 1.48. The van der Waals surface area contributed by atoms with Crippen LogP contribution in [0.1, 0.15) is 11.1 Å². The molecular weight excluding hydrogens is 357 g/mol. The molecule has 0 aliphatic heterocycles. The van der Waals surface area contributed by atoms with Crippen molar-refractivity contribution in [2.45, 2.75) is 13.1 Å². The van der Waals surface area contributed by atoms with Gasteiger partial charge >= 0.3 is 0 Å². The first-order chi connectivity index (χ1) is 13.6. The minimum absolute atomic E-state index is 0.0590. The van der Waals surface area contributed by atoms with E-state index in [4.69, 9.17) is 4.74 Å². The van der Waals surface area contributed by atoms with E-state index in [1.807, 2.05) is 48.3 Å². The number of halogens is 1. The van der Waals surface area contributed by atoms with E-state index in [-0.39, 0.29) is 11.7 Å². The quantitative estimate of drug-likeness (QED) is 0.648. The van der Waals surface area contributed by atoms with Gasteiger partial charge in [0.1, 0.15) is 11.6 Å². The first-order valence-corrected chi connectivity index (χ1v) is 8.96. The Bertz CT molecular complexity index is 901. The van der Waals surface area contributed by atoms with Gasteiger partial charge in [-0.3, -0.25) is 9.69 Å². The number of likely N-dealkylation sites (N-methyl/N-ethyl adjacent to an activating group) is 1. The fourth-order valence-corrected chi connectivity index (χ4v) is 2.69. The number of benzene rings is 2. The van der Waals surface area contributed by atoms with Crippen molar-refractivity contribution in [3.63, 3.8) is 0 Å². The lowest BCUT2D eigenvalue weighted by Crippen LogP contribution is -2.34. The molecule has 3 aromatic rings. The Morgan fingerprint density at radius 3 is 2.57 bits per heavy atom. The van der Waals surface area contributed by atoms with Crippen molar-refractivity contribution in [3.05, 3.63) is 89.9 Å². The van der Waals surface area contributed by atoms with Crippen molar-refractivity contribution in [2.24, 2.45) is 0 Å². The van der Waals surface area contributed by atoms with Crippen LogP contribution in [0.25, 0.3) is 0 Å². The minimum atomic E-state index is -0.325. The van der Waals surface area contributed by atoms with Crippen LogP contribution in [-0.4, -0.2) is 29.4 Å². The summed E-state index contributed by atoms with van der Waals surface area (Å²) in [5.41, 5.74) is 2.03. The number of hydrogen-bond acceptors (Lipinski definition) is 4. The number of aromatic nitrogens is 1. The zero-order chi connectivity index (χ0) is 19.8. The lowest BCUT2D eigenvalue weighted by Gasteiger charge is -2.16. The number of rotatable bonds is 8. The molecule has 1 N–H and O–H groups in total. The smallest absolute Gasteiger partial charge is 0.234 e. The van der Waals surface area contributed by atoms with E-state index in [2.05, 4.69) is 10.3 Å². The molecule has 6 heteroatoms. The van der Waals surface area contributed by atoms with Gasteiger partial charge in [0, 0.05) is 25.4 Å². The Labute approximate surface area is 163 Å². The molecule has 28 heavy (non-hydrogen) atoms. The monoisotopic (exact) mass is 379 g/mol. The van der Waals surface area contributed by atoms with Crippen LogP contribution in [-0.2, 0) is 17.9 Å². The lowest BCUT2D eigenvalue weighted by molar-refractivity contribution is -0.122. The van der Waals surface area contributed by atoms with Crippen LogP contribution in [0.3, 0.4) is 0 Å². The molecule has 0 saturated heterocycles. The normalized spacial score (nSPS) is 10.7. The molecule has 0 spiro atoms. The summed E-state index contributed by atoms with van der Waals surface area (Å²) in [5.74, 6) is 0.502. The summed E-state index contributed by atoms with van der Waals surface area (Å²) < 4.78 is 18.6. The van der Waals surface area contributed by atoms with E-state index in [0.717, 1.165) is 11.1 Å². The summed E-state index contributed by atoms with van der Waals surface area (Å²) in [5, 5.41) is 2.90. The highest BCUT2D eigenvalue weighted by atomic mass is 19.1. The van der Waals surface area contributed by atoms with Crippen molar-refractivity contribution in [1.82, 2.24) is 15.2 Å². The molecule has 144 valence electrons. The van der Waals surface area contributed by atoms with E-state index in [9.17, 15) is 9.18 Å². The van der Waals surface area contributed by atoms with Gasteiger partial charge in [0.25, 0.3) is 0 Å². The van der Waals surface area contributed by atoms with Crippen LogP contribution < -0.4 is 10.1 Å². The van der Waals surface area contributed by atoms with Crippen LogP contribution in [0.5, 0.6) is 11.6 Å². The highest BCUT2D eigenvalue weighted by molar-refractivity contribution is 5.77. The van der Waals surface area contributed by atoms with Crippen molar-refractivity contribution >= 4 is 5.91 Å². The number of carbonyl (C=O) groups excluding carboxylic acids is 1. The predicted octanol–water partition coefficient (Wildman–Crippen LogP) is 3.76. The predicted molar refractivity (Wildman–Crippen MR) is 105 cm³/mol. The van der Waals surface area contributed by atoms with Gasteiger partial charge < -0.3 is 10.1 Å². The molecule has 0 aliphatic rings. The van der Waals surface area contributed by atoms with Crippen LogP contribution >= 0.6 is 0 Å². The first-order valence-electron chi connectivity index (χ1n) is 8.96. The minimum Gasteiger partial charge on any atom is -0.439 e. The van der Waals surface area contributed by atoms with Crippen molar-refractivity contribution < 1.29 is 13.9 Å². The number of nitrogens with zero attached hydrogens (tertiary/aromatic N) is 2. The maximum Gasteiger partial charge on any atom is 0.234 e. The lowest BCUT2D eigenvalue weighted by atomic mass is 10.2. The average molecular weight is 379 g/mol. The molecule has 0 bridgehead atoms. The van der Waals surface area contributed by atoms with Crippen molar-refractivity contribution in [2.75, 3.05) is 13.6 Å². The topological polar surface area (TPSA) is 54.5 Å². The first kappa shape index (κ1) is 19.5. The Morgan fingerprint density at radius 2 is 1.82 bits per heavy atom. The summed E-state index contributed by atoms with van der Waals surface area (Å²) >= 11 is 0. The molecule has 0 atom stereocenters. The zero-order valence-corrected chi connectivity index (χ0v) is 15.6. The molecule has 5 nitrogen and oxygen atoms in total. The molecule has 0 saturated carbocycles. The van der Waals surface area contributed by atoms with Gasteiger partial charge in [0.2, 0.25) is 11.8 Å². The van der Waals surface area contributed by atoms with Crippen molar-refractivity contribution in [3.8, 4) is 11.6 Å². The highest BCUT2D eigenvalue weighted by Crippen LogP contribution is 2.20. The Morgan fingerprint density at radius 1 is 1.07 bits per heavy atom. The maximum absolute atomic E-state index is 13.0. The third-order valence-corrected chi connectivity index (χ3v) is 4.03. The molecule has 0 fully saturated rings. The number of amides is 1. The molecule has 2 aromatic carbocycles. The zero-order valence-electron chi connectivity index (χ0n) is 15.6. The Kier molecular flexibility index (Phi) is 6.70. The van der Waals surface area contributed by atoms with E-state index in [1.165, 1.54) is 24.3 Å². The number of ether oxygens (including phenoxy) is 1. The third kappa shape index (κ3) is 6.17. The van der Waals surface area contributed by atoms with E-state index in [0.29, 0.717) is 31.3 Å². The SMILES string of the molecule is CN(CC(=O)NCc1ccnc(Oc2ccc(F)cc2)c1)Cc1ccccc1. The van der Waals surface area contributed by atoms with Gasteiger partial charge in [-0.1, -0.05) is 30.3 Å². The standard InChI is InChI=1S/C22H22FN3O2/c1-26(15-17-5-3-2-4-6-17)16-21(27)25-14-18-11-12-24-22(13-18)28-20-9-7-19(23)8-10-20/h2-13H,14-16H2,1H3,(H,25,27). The maximum atomic E-state index is 13.0. The van der Waals surface area contributed by atoms with Gasteiger partial charge in [-0.15, -0.1) is 0 Å². The number of carbonyl (C=O) groups is 1. The highest BCUT2D eigenvalue weighted by Gasteiger charge is 2.08. The second kappa shape index (κ2) is 9.62. The fourth-order valence-electron chi connectivity index (χ4n) is 2.69. The molecule has 0 aliphatic carbocycles. The largest absolute Gasteiger partial charge is 0.439 e. The summed E-state index contributed by atoms with van der Waals surface area (Å²) in [6.07, 6.45) is 1.61. The summed E-state index contributed by atoms with van der Waals surface area (Å²) in [6, 6.07) is 19.3. The summed E-state index contributed by atoms with van der Waals surface area (Å²) in [7, 11) is 1.91. The molecule has 0 unspecified atom stereocenters. The second-order valence-electron chi connectivity index (χ2n) is 6.49. The van der Waals surface area contributed by atoms with Crippen molar-refractivity contribution in [1.29, 1.82) is 0 Å². The van der Waals surface area contributed by atoms with E-state index in [1.54, 1.807) is 12.3 Å². The summed E-state index contributed by atoms with van der Waals surface area (Å²) in [6.45, 7) is 1.39. The van der Waals surface area contributed by atoms with E-state index < -0.39 is 0 Å². The van der Waals surface area contributed by atoms with Gasteiger partial charge in [-0.2, -0.15) is 0 Å². The molecule has 1 amide bonds. The van der Waals surface area contributed by atoms with Crippen LogP contribution in [0.4, 0.5) is 4.39 Å². The van der Waals surface area contributed by atoms with Crippen LogP contribution in [0, 0.1) is 5.82 Å². The molecule has 1 heterocycles.